The van der Waals surface area contributed by atoms with Gasteiger partial charge in [0, 0.05) is 38.0 Å². The summed E-state index contributed by atoms with van der Waals surface area (Å²) >= 11 is 12.0. The summed E-state index contributed by atoms with van der Waals surface area (Å²) in [5.41, 5.74) is 1.18. The molecule has 3 N–H and O–H groups in total. The Morgan fingerprint density at radius 2 is 1.67 bits per heavy atom. The minimum atomic E-state index is -0.519. The van der Waals surface area contributed by atoms with Crippen molar-refractivity contribution in [2.75, 3.05) is 45.1 Å². The molecule has 3 aromatic rings. The second-order valence-electron chi connectivity index (χ2n) is 7.76. The van der Waals surface area contributed by atoms with Crippen molar-refractivity contribution in [3.63, 3.8) is 0 Å². The van der Waals surface area contributed by atoms with Gasteiger partial charge in [-0.05, 0) is 42.5 Å². The van der Waals surface area contributed by atoms with Crippen LogP contribution in [0, 0.1) is 5.41 Å². The molecule has 0 saturated carbocycles. The van der Waals surface area contributed by atoms with Crippen molar-refractivity contribution < 1.29 is 19.1 Å². The Morgan fingerprint density at radius 3 is 2.33 bits per heavy atom. The molecule has 0 bridgehead atoms. The van der Waals surface area contributed by atoms with Crippen LogP contribution in [0.15, 0.2) is 54.7 Å². The fourth-order valence-electron chi connectivity index (χ4n) is 3.11. The summed E-state index contributed by atoms with van der Waals surface area (Å²) in [6.45, 7) is 0.523. The highest BCUT2D eigenvalue weighted by molar-refractivity contribution is 6.31. The zero-order valence-corrected chi connectivity index (χ0v) is 21.4. The van der Waals surface area contributed by atoms with Gasteiger partial charge in [-0.3, -0.25) is 15.0 Å². The van der Waals surface area contributed by atoms with E-state index in [0.29, 0.717) is 22.2 Å². The Hall–Kier alpha value is -3.66. The predicted octanol–water partition coefficient (Wildman–Crippen LogP) is 4.81. The molecule has 9 nitrogen and oxygen atoms in total. The maximum absolute atomic E-state index is 13.3. The molecule has 11 heteroatoms. The number of aromatic nitrogens is 1. The first kappa shape index (κ1) is 26.9. The molecule has 0 saturated heterocycles. The van der Waals surface area contributed by atoms with Gasteiger partial charge in [0.05, 0.1) is 28.4 Å². The average molecular weight is 530 g/mol. The molecule has 1 aromatic heterocycles. The Balaban J connectivity index is 1.89. The lowest BCUT2D eigenvalue weighted by atomic mass is 10.1. The Labute approximate surface area is 218 Å². The van der Waals surface area contributed by atoms with Crippen LogP contribution in [0.2, 0.25) is 10.0 Å². The number of anilines is 2. The third kappa shape index (κ3) is 6.94. The number of amidine groups is 1. The van der Waals surface area contributed by atoms with Gasteiger partial charge < -0.3 is 25.0 Å². The fourth-order valence-corrected chi connectivity index (χ4v) is 3.39. The summed E-state index contributed by atoms with van der Waals surface area (Å²) < 4.78 is 10.8. The molecule has 0 aliphatic rings. The van der Waals surface area contributed by atoms with Crippen molar-refractivity contribution in [3.8, 4) is 5.75 Å². The quantitative estimate of drug-likeness (QED) is 0.208. The first-order valence-electron chi connectivity index (χ1n) is 10.8. The number of ether oxygens (including phenoxy) is 2. The molecule has 0 spiro atoms. The highest BCUT2D eigenvalue weighted by atomic mass is 35.5. The zero-order valence-electron chi connectivity index (χ0n) is 19.9. The molecule has 2 aromatic carbocycles. The van der Waals surface area contributed by atoms with Crippen LogP contribution in [-0.4, -0.2) is 62.0 Å². The van der Waals surface area contributed by atoms with Gasteiger partial charge in [0.25, 0.3) is 11.8 Å². The number of rotatable bonds is 9. The molecular formula is C25H25Cl2N5O4. The van der Waals surface area contributed by atoms with E-state index in [1.807, 2.05) is 0 Å². The first-order valence-corrected chi connectivity index (χ1v) is 11.5. The number of carbonyl (C=O) groups excluding carboxylic acids is 2. The van der Waals surface area contributed by atoms with E-state index in [-0.39, 0.29) is 40.8 Å². The molecule has 36 heavy (non-hydrogen) atoms. The molecular weight excluding hydrogens is 505 g/mol. The lowest BCUT2D eigenvalue weighted by Gasteiger charge is -2.17. The predicted molar refractivity (Wildman–Crippen MR) is 141 cm³/mol. The molecule has 0 aliphatic heterocycles. The highest BCUT2D eigenvalue weighted by Crippen LogP contribution is 2.26. The maximum Gasteiger partial charge on any atom is 0.259 e. The van der Waals surface area contributed by atoms with E-state index in [0.717, 1.165) is 0 Å². The van der Waals surface area contributed by atoms with Crippen LogP contribution in [-0.2, 0) is 4.74 Å². The fraction of sp³-hybridized carbons (Fsp3) is 0.200. The number of nitrogens with one attached hydrogen (secondary N) is 3. The number of halogens is 2. The van der Waals surface area contributed by atoms with Gasteiger partial charge in [0.1, 0.15) is 24.0 Å². The molecule has 1 heterocycles. The number of hydrogen-bond donors (Lipinski definition) is 3. The smallest absolute Gasteiger partial charge is 0.259 e. The maximum atomic E-state index is 13.3. The number of hydrogen-bond acceptors (Lipinski definition) is 6. The molecule has 0 radical (unpaired) electrons. The van der Waals surface area contributed by atoms with Crippen molar-refractivity contribution >= 4 is 52.4 Å². The number of carbonyl (C=O) groups is 2. The third-order valence-corrected chi connectivity index (χ3v) is 5.39. The van der Waals surface area contributed by atoms with E-state index >= 15 is 0 Å². The van der Waals surface area contributed by atoms with Crippen LogP contribution in [0.3, 0.4) is 0 Å². The second-order valence-corrected chi connectivity index (χ2v) is 8.63. The summed E-state index contributed by atoms with van der Waals surface area (Å²) in [5, 5.41) is 14.4. The lowest BCUT2D eigenvalue weighted by Crippen LogP contribution is -2.23. The average Bonchev–Trinajstić information content (AvgIpc) is 2.86. The van der Waals surface area contributed by atoms with Gasteiger partial charge in [0.2, 0.25) is 0 Å². The van der Waals surface area contributed by atoms with Crippen LogP contribution in [0.5, 0.6) is 5.75 Å². The highest BCUT2D eigenvalue weighted by Gasteiger charge is 2.20. The van der Waals surface area contributed by atoms with E-state index in [9.17, 15) is 9.59 Å². The minimum absolute atomic E-state index is 0.139. The number of benzene rings is 2. The Kier molecular flexibility index (Phi) is 9.24. The second kappa shape index (κ2) is 12.3. The van der Waals surface area contributed by atoms with Crippen molar-refractivity contribution in [1.82, 2.24) is 9.88 Å². The lowest BCUT2D eigenvalue weighted by molar-refractivity contribution is 0.101. The van der Waals surface area contributed by atoms with E-state index in [1.54, 1.807) is 62.5 Å². The van der Waals surface area contributed by atoms with Crippen molar-refractivity contribution in [1.29, 1.82) is 5.41 Å². The molecule has 0 atom stereocenters. The molecule has 3 rings (SSSR count). The standard InChI is InChI=1S/C25H25Cl2N5O4/c1-32(2)23(28)15-4-7-18(21(12-15)36-11-10-35-3)24(33)30-20-8-5-16(26)13-19(20)25(34)31-22-9-6-17(27)14-29-22/h4-9,12-14,28H,10-11H2,1-3H3,(H,30,33)(H,29,31,34). The van der Waals surface area contributed by atoms with Crippen LogP contribution < -0.4 is 15.4 Å². The topological polar surface area (TPSA) is 117 Å². The van der Waals surface area contributed by atoms with Crippen LogP contribution in [0.4, 0.5) is 11.5 Å². The first-order chi connectivity index (χ1) is 17.2. The number of amides is 2. The summed E-state index contributed by atoms with van der Waals surface area (Å²) in [7, 11) is 5.05. The summed E-state index contributed by atoms with van der Waals surface area (Å²) in [5.74, 6) is -0.209. The van der Waals surface area contributed by atoms with E-state index in [2.05, 4.69) is 15.6 Å². The molecule has 0 unspecified atom stereocenters. The van der Waals surface area contributed by atoms with Gasteiger partial charge in [-0.25, -0.2) is 4.98 Å². The normalized spacial score (nSPS) is 10.5. The Bertz CT molecular complexity index is 1270. The van der Waals surface area contributed by atoms with Crippen LogP contribution in [0.1, 0.15) is 26.3 Å². The minimum Gasteiger partial charge on any atom is -0.490 e. The van der Waals surface area contributed by atoms with Crippen molar-refractivity contribution in [2.45, 2.75) is 0 Å². The van der Waals surface area contributed by atoms with Crippen LogP contribution >= 0.6 is 23.2 Å². The zero-order chi connectivity index (χ0) is 26.2. The van der Waals surface area contributed by atoms with Crippen molar-refractivity contribution in [3.05, 3.63) is 81.5 Å². The summed E-state index contributed by atoms with van der Waals surface area (Å²) in [6.07, 6.45) is 1.41. The molecule has 0 aliphatic carbocycles. The number of nitrogens with zero attached hydrogens (tertiary/aromatic N) is 2. The van der Waals surface area contributed by atoms with Gasteiger partial charge >= 0.3 is 0 Å². The summed E-state index contributed by atoms with van der Waals surface area (Å²) in [6, 6.07) is 12.5. The largest absolute Gasteiger partial charge is 0.490 e. The number of methoxy groups -OCH3 is 1. The van der Waals surface area contributed by atoms with Gasteiger partial charge in [-0.15, -0.1) is 0 Å². The molecule has 0 fully saturated rings. The Morgan fingerprint density at radius 1 is 0.944 bits per heavy atom. The van der Waals surface area contributed by atoms with Gasteiger partial charge in [-0.2, -0.15) is 0 Å². The van der Waals surface area contributed by atoms with E-state index in [1.165, 1.54) is 18.3 Å². The third-order valence-electron chi connectivity index (χ3n) is 4.94. The van der Waals surface area contributed by atoms with E-state index in [4.69, 9.17) is 38.1 Å². The summed E-state index contributed by atoms with van der Waals surface area (Å²) in [4.78, 5) is 31.9. The number of pyridine rings is 1. The van der Waals surface area contributed by atoms with Gasteiger partial charge in [0.15, 0.2) is 0 Å². The molecule has 188 valence electrons. The van der Waals surface area contributed by atoms with E-state index < -0.39 is 11.8 Å². The van der Waals surface area contributed by atoms with Crippen molar-refractivity contribution in [2.24, 2.45) is 0 Å². The van der Waals surface area contributed by atoms with Gasteiger partial charge in [-0.1, -0.05) is 29.3 Å². The SMILES string of the molecule is COCCOc1cc(C(=N)N(C)C)ccc1C(=O)Nc1ccc(Cl)cc1C(=O)Nc1ccc(Cl)cn1. The molecule has 2 amide bonds. The monoisotopic (exact) mass is 529 g/mol. The van der Waals surface area contributed by atoms with Crippen LogP contribution in [0.25, 0.3) is 0 Å².